The smallest absolute Gasteiger partial charge is 0.276 e. The summed E-state index contributed by atoms with van der Waals surface area (Å²) in [6, 6.07) is 7.53. The third-order valence-electron chi connectivity index (χ3n) is 3.99. The molecule has 4 aromatic rings. The van der Waals surface area contributed by atoms with Gasteiger partial charge in [0.05, 0.1) is 5.69 Å². The lowest BCUT2D eigenvalue weighted by Crippen LogP contribution is -2.14. The van der Waals surface area contributed by atoms with E-state index in [4.69, 9.17) is 0 Å². The fourth-order valence-electron chi connectivity index (χ4n) is 2.71. The van der Waals surface area contributed by atoms with Gasteiger partial charge in [0, 0.05) is 34.9 Å². The summed E-state index contributed by atoms with van der Waals surface area (Å²) >= 11 is 1.38. The quantitative estimate of drug-likeness (QED) is 0.596. The number of hydrogen-bond donors (Lipinski definition) is 1. The molecule has 0 saturated heterocycles. The number of aryl methyl sites for hydroxylation is 2. The highest BCUT2D eigenvalue weighted by Crippen LogP contribution is 2.30. The van der Waals surface area contributed by atoms with E-state index in [1.165, 1.54) is 11.3 Å². The first-order valence-corrected chi connectivity index (χ1v) is 8.90. The van der Waals surface area contributed by atoms with Crippen molar-refractivity contribution in [3.8, 4) is 11.1 Å². The summed E-state index contributed by atoms with van der Waals surface area (Å²) in [4.78, 5) is 29.9. The zero-order valence-corrected chi connectivity index (χ0v) is 15.0. The SMILES string of the molecule is Cc1csc(NC(=O)c2cc(-c3cnccc3C)c3cccnc3n2)n1. The highest BCUT2D eigenvalue weighted by Gasteiger charge is 2.16. The Morgan fingerprint density at radius 2 is 2.00 bits per heavy atom. The largest absolute Gasteiger partial charge is 0.296 e. The van der Waals surface area contributed by atoms with Gasteiger partial charge >= 0.3 is 0 Å². The number of nitrogens with zero attached hydrogens (tertiary/aromatic N) is 4. The van der Waals surface area contributed by atoms with Gasteiger partial charge in [-0.2, -0.15) is 0 Å². The molecule has 0 aliphatic carbocycles. The average molecular weight is 361 g/mol. The molecule has 128 valence electrons. The second-order valence-electron chi connectivity index (χ2n) is 5.87. The fourth-order valence-corrected chi connectivity index (χ4v) is 3.40. The highest BCUT2D eigenvalue weighted by molar-refractivity contribution is 7.13. The first kappa shape index (κ1) is 16.3. The van der Waals surface area contributed by atoms with E-state index in [9.17, 15) is 4.79 Å². The Balaban J connectivity index is 1.84. The Morgan fingerprint density at radius 1 is 1.12 bits per heavy atom. The molecule has 1 N–H and O–H groups in total. The molecule has 4 heterocycles. The van der Waals surface area contributed by atoms with Gasteiger partial charge in [0.2, 0.25) is 0 Å². The summed E-state index contributed by atoms with van der Waals surface area (Å²) in [5, 5.41) is 6.11. The molecule has 0 atom stereocenters. The van der Waals surface area contributed by atoms with Crippen LogP contribution in [0.5, 0.6) is 0 Å². The van der Waals surface area contributed by atoms with Gasteiger partial charge in [0.15, 0.2) is 10.8 Å². The Kier molecular flexibility index (Phi) is 4.14. The lowest BCUT2D eigenvalue weighted by Gasteiger charge is -2.10. The monoisotopic (exact) mass is 361 g/mol. The number of carbonyl (C=O) groups excluding carboxylic acids is 1. The zero-order chi connectivity index (χ0) is 18.1. The van der Waals surface area contributed by atoms with E-state index < -0.39 is 0 Å². The minimum absolute atomic E-state index is 0.294. The number of rotatable bonds is 3. The molecule has 0 spiro atoms. The molecular formula is C19H15N5OS. The van der Waals surface area contributed by atoms with Crippen LogP contribution >= 0.6 is 11.3 Å². The summed E-state index contributed by atoms with van der Waals surface area (Å²) in [6.07, 6.45) is 5.21. The topological polar surface area (TPSA) is 80.7 Å². The Morgan fingerprint density at radius 3 is 2.77 bits per heavy atom. The van der Waals surface area contributed by atoms with Gasteiger partial charge in [-0.15, -0.1) is 11.3 Å². The number of anilines is 1. The van der Waals surface area contributed by atoms with Crippen LogP contribution in [0.25, 0.3) is 22.2 Å². The average Bonchev–Trinajstić information content (AvgIpc) is 3.06. The van der Waals surface area contributed by atoms with E-state index in [0.29, 0.717) is 16.5 Å². The molecule has 26 heavy (non-hydrogen) atoms. The molecule has 0 fully saturated rings. The normalized spacial score (nSPS) is 10.8. The Bertz CT molecular complexity index is 1120. The number of amides is 1. The number of carbonyl (C=O) groups is 1. The third kappa shape index (κ3) is 3.04. The summed E-state index contributed by atoms with van der Waals surface area (Å²) in [7, 11) is 0. The Labute approximate surface area is 154 Å². The van der Waals surface area contributed by atoms with Crippen LogP contribution in [0.2, 0.25) is 0 Å². The summed E-state index contributed by atoms with van der Waals surface area (Å²) in [6.45, 7) is 3.89. The van der Waals surface area contributed by atoms with Gasteiger partial charge in [0.1, 0.15) is 5.69 Å². The molecule has 0 aliphatic rings. The number of hydrogen-bond acceptors (Lipinski definition) is 6. The minimum Gasteiger partial charge on any atom is -0.296 e. The maximum Gasteiger partial charge on any atom is 0.276 e. The second kappa shape index (κ2) is 6.61. The summed E-state index contributed by atoms with van der Waals surface area (Å²) in [5.74, 6) is -0.310. The minimum atomic E-state index is -0.310. The van der Waals surface area contributed by atoms with Gasteiger partial charge in [-0.25, -0.2) is 15.0 Å². The first-order valence-electron chi connectivity index (χ1n) is 8.02. The van der Waals surface area contributed by atoms with Gasteiger partial charge in [-0.05, 0) is 49.2 Å². The van der Waals surface area contributed by atoms with Crippen LogP contribution in [0.3, 0.4) is 0 Å². The molecule has 6 nitrogen and oxygen atoms in total. The molecule has 1 amide bonds. The predicted molar refractivity (Wildman–Crippen MR) is 102 cm³/mol. The predicted octanol–water partition coefficient (Wildman–Crippen LogP) is 4.02. The van der Waals surface area contributed by atoms with Crippen molar-refractivity contribution in [3.05, 3.63) is 65.2 Å². The number of fused-ring (bicyclic) bond motifs is 1. The van der Waals surface area contributed by atoms with Gasteiger partial charge in [-0.3, -0.25) is 15.1 Å². The van der Waals surface area contributed by atoms with Crippen molar-refractivity contribution in [3.63, 3.8) is 0 Å². The second-order valence-corrected chi connectivity index (χ2v) is 6.73. The molecule has 0 aromatic carbocycles. The molecule has 7 heteroatoms. The number of nitrogens with one attached hydrogen (secondary N) is 1. The number of pyridine rings is 3. The van der Waals surface area contributed by atoms with E-state index in [-0.39, 0.29) is 5.91 Å². The van der Waals surface area contributed by atoms with Crippen LogP contribution in [0.15, 0.2) is 48.2 Å². The zero-order valence-electron chi connectivity index (χ0n) is 14.2. The van der Waals surface area contributed by atoms with Crippen molar-refractivity contribution in [1.82, 2.24) is 19.9 Å². The van der Waals surface area contributed by atoms with Crippen LogP contribution in [0.1, 0.15) is 21.7 Å². The first-order chi connectivity index (χ1) is 12.6. The lowest BCUT2D eigenvalue weighted by molar-refractivity contribution is 0.102. The van der Waals surface area contributed by atoms with Crippen LogP contribution in [-0.2, 0) is 0 Å². The van der Waals surface area contributed by atoms with Crippen molar-refractivity contribution >= 4 is 33.4 Å². The standard InChI is InChI=1S/C19H15N5OS/c1-11-5-7-20-9-15(11)14-8-16(23-17-13(14)4-3-6-21-17)18(25)24-19-22-12(2)10-26-19/h3-10H,1-2H3,(H,22,24,25). The summed E-state index contributed by atoms with van der Waals surface area (Å²) in [5.41, 5.74) is 4.58. The van der Waals surface area contributed by atoms with E-state index in [1.54, 1.807) is 24.7 Å². The van der Waals surface area contributed by atoms with Crippen molar-refractivity contribution in [2.24, 2.45) is 0 Å². The van der Waals surface area contributed by atoms with Crippen LogP contribution < -0.4 is 5.32 Å². The van der Waals surface area contributed by atoms with Crippen LogP contribution in [0, 0.1) is 13.8 Å². The van der Waals surface area contributed by atoms with Crippen molar-refractivity contribution < 1.29 is 4.79 Å². The molecule has 4 aromatic heterocycles. The van der Waals surface area contributed by atoms with E-state index in [1.807, 2.05) is 37.4 Å². The lowest BCUT2D eigenvalue weighted by atomic mass is 9.99. The molecule has 0 radical (unpaired) electrons. The van der Waals surface area contributed by atoms with Crippen LogP contribution in [-0.4, -0.2) is 25.8 Å². The van der Waals surface area contributed by atoms with Gasteiger partial charge in [0.25, 0.3) is 5.91 Å². The maximum atomic E-state index is 12.7. The third-order valence-corrected chi connectivity index (χ3v) is 4.86. The fraction of sp³-hybridized carbons (Fsp3) is 0.105. The maximum absolute atomic E-state index is 12.7. The van der Waals surface area contributed by atoms with Crippen molar-refractivity contribution in [2.75, 3.05) is 5.32 Å². The molecular weight excluding hydrogens is 346 g/mol. The molecule has 0 saturated carbocycles. The van der Waals surface area contributed by atoms with E-state index in [0.717, 1.165) is 27.8 Å². The van der Waals surface area contributed by atoms with Crippen LogP contribution in [0.4, 0.5) is 5.13 Å². The number of thiazole rings is 1. The number of aromatic nitrogens is 4. The van der Waals surface area contributed by atoms with Gasteiger partial charge < -0.3 is 0 Å². The van der Waals surface area contributed by atoms with Crippen molar-refractivity contribution in [1.29, 1.82) is 0 Å². The van der Waals surface area contributed by atoms with E-state index >= 15 is 0 Å². The molecule has 0 bridgehead atoms. The Hall–Kier alpha value is -3.19. The summed E-state index contributed by atoms with van der Waals surface area (Å²) < 4.78 is 0. The highest BCUT2D eigenvalue weighted by atomic mass is 32.1. The van der Waals surface area contributed by atoms with Gasteiger partial charge in [-0.1, -0.05) is 0 Å². The molecule has 4 rings (SSSR count). The molecule has 0 unspecified atom stereocenters. The van der Waals surface area contributed by atoms with Crippen molar-refractivity contribution in [2.45, 2.75) is 13.8 Å². The van der Waals surface area contributed by atoms with E-state index in [2.05, 4.69) is 25.3 Å². The molecule has 0 aliphatic heterocycles.